The van der Waals surface area contributed by atoms with Crippen molar-refractivity contribution in [2.45, 2.75) is 38.6 Å². The van der Waals surface area contributed by atoms with Crippen LogP contribution in [0.3, 0.4) is 0 Å². The zero-order chi connectivity index (χ0) is 16.1. The molecule has 2 aliphatic rings. The van der Waals surface area contributed by atoms with Gasteiger partial charge in [-0.2, -0.15) is 0 Å². The number of pyridine rings is 1. The van der Waals surface area contributed by atoms with E-state index in [1.54, 1.807) is 0 Å². The van der Waals surface area contributed by atoms with Crippen LogP contribution in [0.15, 0.2) is 24.5 Å². The number of piperazine rings is 1. The molecule has 0 aromatic carbocycles. The molecule has 0 bridgehead atoms. The zero-order valence-corrected chi connectivity index (χ0v) is 14.8. The second-order valence-electron chi connectivity index (χ2n) is 7.39. The highest BCUT2D eigenvalue weighted by atomic mass is 15.3. The summed E-state index contributed by atoms with van der Waals surface area (Å²) in [5.41, 5.74) is 1.47. The molecule has 128 valence electrons. The van der Waals surface area contributed by atoms with Gasteiger partial charge in [-0.15, -0.1) is 0 Å². The molecule has 0 spiro atoms. The number of hydrogen-bond acceptors (Lipinski definition) is 4. The first-order valence-corrected chi connectivity index (χ1v) is 9.31. The van der Waals surface area contributed by atoms with Crippen LogP contribution in [0.1, 0.15) is 38.2 Å². The average molecular weight is 316 g/mol. The van der Waals surface area contributed by atoms with Gasteiger partial charge in [-0.25, -0.2) is 0 Å². The Labute approximate surface area is 141 Å². The van der Waals surface area contributed by atoms with E-state index in [1.807, 2.05) is 12.4 Å². The van der Waals surface area contributed by atoms with Gasteiger partial charge in [-0.05, 0) is 69.9 Å². The first-order chi connectivity index (χ1) is 11.2. The second kappa shape index (κ2) is 8.22. The molecule has 2 fully saturated rings. The normalized spacial score (nSPS) is 24.6. The number of hydrogen-bond donors (Lipinski definition) is 0. The van der Waals surface area contributed by atoms with Crippen molar-refractivity contribution in [2.24, 2.45) is 0 Å². The van der Waals surface area contributed by atoms with Gasteiger partial charge in [0.2, 0.25) is 0 Å². The zero-order valence-electron chi connectivity index (χ0n) is 14.8. The van der Waals surface area contributed by atoms with Crippen LogP contribution >= 0.6 is 0 Å². The van der Waals surface area contributed by atoms with Gasteiger partial charge in [0.15, 0.2) is 0 Å². The Morgan fingerprint density at radius 2 is 1.70 bits per heavy atom. The fraction of sp³-hybridized carbons (Fsp3) is 0.737. The minimum absolute atomic E-state index is 0.701. The monoisotopic (exact) mass is 316 g/mol. The van der Waals surface area contributed by atoms with E-state index in [1.165, 1.54) is 70.8 Å². The first kappa shape index (κ1) is 16.9. The molecule has 1 aromatic rings. The van der Waals surface area contributed by atoms with Gasteiger partial charge in [0.1, 0.15) is 0 Å². The SMILES string of the molecule is CC(C)N1CCN(CCCN2CCC(c3ccncc3)C2)CC1. The predicted octanol–water partition coefficient (Wildman–Crippen LogP) is 2.29. The molecule has 3 rings (SSSR count). The molecule has 2 aliphatic heterocycles. The van der Waals surface area contributed by atoms with Crippen LogP contribution in [-0.2, 0) is 0 Å². The van der Waals surface area contributed by atoms with E-state index >= 15 is 0 Å². The van der Waals surface area contributed by atoms with Crippen LogP contribution in [0.25, 0.3) is 0 Å². The van der Waals surface area contributed by atoms with Gasteiger partial charge in [-0.3, -0.25) is 9.88 Å². The first-order valence-electron chi connectivity index (χ1n) is 9.31. The highest BCUT2D eigenvalue weighted by molar-refractivity contribution is 5.17. The maximum Gasteiger partial charge on any atom is 0.0270 e. The molecule has 1 unspecified atom stereocenters. The third-order valence-corrected chi connectivity index (χ3v) is 5.54. The molecular formula is C19H32N4. The summed E-state index contributed by atoms with van der Waals surface area (Å²) in [4.78, 5) is 12.0. The van der Waals surface area contributed by atoms with Crippen molar-refractivity contribution in [1.29, 1.82) is 0 Å². The molecule has 1 aromatic heterocycles. The molecule has 2 saturated heterocycles. The lowest BCUT2D eigenvalue weighted by atomic mass is 10.00. The van der Waals surface area contributed by atoms with E-state index in [0.29, 0.717) is 12.0 Å². The summed E-state index contributed by atoms with van der Waals surface area (Å²) in [6, 6.07) is 5.07. The Balaban J connectivity index is 1.33. The van der Waals surface area contributed by atoms with Crippen LogP contribution in [0, 0.1) is 0 Å². The lowest BCUT2D eigenvalue weighted by Gasteiger charge is -2.37. The van der Waals surface area contributed by atoms with Gasteiger partial charge < -0.3 is 9.80 Å². The van der Waals surface area contributed by atoms with Crippen LogP contribution in [0.4, 0.5) is 0 Å². The molecule has 4 nitrogen and oxygen atoms in total. The fourth-order valence-electron chi connectivity index (χ4n) is 3.96. The second-order valence-corrected chi connectivity index (χ2v) is 7.39. The molecule has 0 saturated carbocycles. The fourth-order valence-corrected chi connectivity index (χ4v) is 3.96. The van der Waals surface area contributed by atoms with Gasteiger partial charge in [-0.1, -0.05) is 0 Å². The quantitative estimate of drug-likeness (QED) is 0.803. The summed E-state index contributed by atoms with van der Waals surface area (Å²) in [5.74, 6) is 0.715. The highest BCUT2D eigenvalue weighted by Crippen LogP contribution is 2.26. The molecule has 0 radical (unpaired) electrons. The Morgan fingerprint density at radius 3 is 2.39 bits per heavy atom. The molecule has 4 heteroatoms. The smallest absolute Gasteiger partial charge is 0.0270 e. The lowest BCUT2D eigenvalue weighted by Crippen LogP contribution is -2.49. The average Bonchev–Trinajstić information content (AvgIpc) is 3.05. The summed E-state index contributed by atoms with van der Waals surface area (Å²) in [6.07, 6.45) is 6.46. The van der Waals surface area contributed by atoms with E-state index in [9.17, 15) is 0 Å². The van der Waals surface area contributed by atoms with E-state index < -0.39 is 0 Å². The summed E-state index contributed by atoms with van der Waals surface area (Å²) in [6.45, 7) is 14.6. The van der Waals surface area contributed by atoms with Crippen molar-refractivity contribution >= 4 is 0 Å². The Bertz CT molecular complexity index is 454. The number of rotatable bonds is 6. The third-order valence-electron chi connectivity index (χ3n) is 5.54. The van der Waals surface area contributed by atoms with Crippen molar-refractivity contribution < 1.29 is 0 Å². The van der Waals surface area contributed by atoms with Crippen LogP contribution in [0.5, 0.6) is 0 Å². The maximum absolute atomic E-state index is 4.13. The molecule has 1 atom stereocenters. The lowest BCUT2D eigenvalue weighted by molar-refractivity contribution is 0.105. The van der Waals surface area contributed by atoms with Gasteiger partial charge in [0.05, 0.1) is 0 Å². The van der Waals surface area contributed by atoms with Crippen molar-refractivity contribution in [1.82, 2.24) is 19.7 Å². The Morgan fingerprint density at radius 1 is 1.00 bits per heavy atom. The van der Waals surface area contributed by atoms with Gasteiger partial charge >= 0.3 is 0 Å². The third kappa shape index (κ3) is 4.75. The number of likely N-dealkylation sites (tertiary alicyclic amines) is 1. The Hall–Kier alpha value is -0.970. The molecule has 3 heterocycles. The van der Waals surface area contributed by atoms with Crippen molar-refractivity contribution in [3.8, 4) is 0 Å². The minimum Gasteiger partial charge on any atom is -0.303 e. The summed E-state index contributed by atoms with van der Waals surface area (Å²) in [7, 11) is 0. The van der Waals surface area contributed by atoms with E-state index in [0.717, 1.165) is 0 Å². The van der Waals surface area contributed by atoms with Crippen molar-refractivity contribution in [3.63, 3.8) is 0 Å². The molecule has 0 N–H and O–H groups in total. The minimum atomic E-state index is 0.701. The highest BCUT2D eigenvalue weighted by Gasteiger charge is 2.24. The summed E-state index contributed by atoms with van der Waals surface area (Å²) >= 11 is 0. The van der Waals surface area contributed by atoms with E-state index in [4.69, 9.17) is 0 Å². The molecule has 23 heavy (non-hydrogen) atoms. The maximum atomic E-state index is 4.13. The van der Waals surface area contributed by atoms with Crippen LogP contribution in [-0.4, -0.2) is 78.1 Å². The topological polar surface area (TPSA) is 22.6 Å². The van der Waals surface area contributed by atoms with E-state index in [-0.39, 0.29) is 0 Å². The summed E-state index contributed by atoms with van der Waals surface area (Å²) < 4.78 is 0. The Kier molecular flexibility index (Phi) is 6.03. The molecule has 0 aliphatic carbocycles. The largest absolute Gasteiger partial charge is 0.303 e. The van der Waals surface area contributed by atoms with Gasteiger partial charge in [0.25, 0.3) is 0 Å². The van der Waals surface area contributed by atoms with Gasteiger partial charge in [0, 0.05) is 51.2 Å². The number of aromatic nitrogens is 1. The van der Waals surface area contributed by atoms with E-state index in [2.05, 4.69) is 45.7 Å². The molecule has 0 amide bonds. The summed E-state index contributed by atoms with van der Waals surface area (Å²) in [5, 5.41) is 0. The van der Waals surface area contributed by atoms with Crippen LogP contribution < -0.4 is 0 Å². The number of nitrogens with zero attached hydrogens (tertiary/aromatic N) is 4. The predicted molar refractivity (Wildman–Crippen MR) is 95.8 cm³/mol. The van der Waals surface area contributed by atoms with Crippen LogP contribution in [0.2, 0.25) is 0 Å². The van der Waals surface area contributed by atoms with Crippen molar-refractivity contribution in [3.05, 3.63) is 30.1 Å². The standard InChI is InChI=1S/C19H32N4/c1-17(2)23-14-12-21(13-15-23)9-3-10-22-11-6-19(16-22)18-4-7-20-8-5-18/h4-5,7-8,17,19H,3,6,9-16H2,1-2H3. The molecular weight excluding hydrogens is 284 g/mol. The van der Waals surface area contributed by atoms with Crippen molar-refractivity contribution in [2.75, 3.05) is 52.4 Å².